The third-order valence-corrected chi connectivity index (χ3v) is 4.12. The number of hydrogen-bond acceptors (Lipinski definition) is 5. The number of aliphatic hydroxyl groups is 1. The van der Waals surface area contributed by atoms with Crippen molar-refractivity contribution in [2.24, 2.45) is 0 Å². The molecule has 0 fully saturated rings. The number of anilines is 1. The standard InChI is InChI=1S/C12H15N3O2S/c1-7(6-16)15(2)12(17)11-10(13)8-3-4-14-5-9(8)18-11/h3-5,7,16H,6,13H2,1-2H3. The molecule has 0 bridgehead atoms. The van der Waals surface area contributed by atoms with Crippen molar-refractivity contribution in [3.63, 3.8) is 0 Å². The van der Waals surface area contributed by atoms with E-state index >= 15 is 0 Å². The Balaban J connectivity index is 2.42. The van der Waals surface area contributed by atoms with Crippen LogP contribution in [0.3, 0.4) is 0 Å². The average molecular weight is 265 g/mol. The van der Waals surface area contributed by atoms with Crippen molar-refractivity contribution in [3.8, 4) is 0 Å². The zero-order chi connectivity index (χ0) is 13.3. The fourth-order valence-corrected chi connectivity index (χ4v) is 2.69. The predicted octanol–water partition coefficient (Wildman–Crippen LogP) is 1.33. The molecule has 2 aromatic heterocycles. The van der Waals surface area contributed by atoms with Crippen molar-refractivity contribution in [1.29, 1.82) is 0 Å². The fraction of sp³-hybridized carbons (Fsp3) is 0.333. The molecule has 3 N–H and O–H groups in total. The van der Waals surface area contributed by atoms with Crippen molar-refractivity contribution >= 4 is 33.0 Å². The highest BCUT2D eigenvalue weighted by Crippen LogP contribution is 2.33. The Hall–Kier alpha value is -1.66. The molecule has 0 saturated heterocycles. The zero-order valence-electron chi connectivity index (χ0n) is 10.3. The summed E-state index contributed by atoms with van der Waals surface area (Å²) >= 11 is 1.33. The number of likely N-dealkylation sites (N-methyl/N-ethyl adjacent to an activating group) is 1. The fourth-order valence-electron chi connectivity index (χ4n) is 1.61. The number of amides is 1. The Morgan fingerprint density at radius 2 is 2.39 bits per heavy atom. The highest BCUT2D eigenvalue weighted by atomic mass is 32.1. The lowest BCUT2D eigenvalue weighted by molar-refractivity contribution is 0.0688. The highest BCUT2D eigenvalue weighted by Gasteiger charge is 2.22. The third kappa shape index (κ3) is 2.04. The SMILES string of the molecule is CC(CO)N(C)C(=O)c1sc2cnccc2c1N. The molecular formula is C12H15N3O2S. The number of carbonyl (C=O) groups is 1. The van der Waals surface area contributed by atoms with E-state index in [0.717, 1.165) is 10.1 Å². The molecule has 0 aliphatic rings. The summed E-state index contributed by atoms with van der Waals surface area (Å²) in [6, 6.07) is 1.56. The molecule has 0 radical (unpaired) electrons. The van der Waals surface area contributed by atoms with Crippen LogP contribution in [-0.2, 0) is 0 Å². The molecule has 96 valence electrons. The largest absolute Gasteiger partial charge is 0.397 e. The second-order valence-corrected chi connectivity index (χ2v) is 5.22. The van der Waals surface area contributed by atoms with Crippen molar-refractivity contribution in [1.82, 2.24) is 9.88 Å². The van der Waals surface area contributed by atoms with Gasteiger partial charge in [-0.05, 0) is 13.0 Å². The number of nitrogen functional groups attached to an aromatic ring is 1. The van der Waals surface area contributed by atoms with Gasteiger partial charge in [0.2, 0.25) is 0 Å². The summed E-state index contributed by atoms with van der Waals surface area (Å²) in [5, 5.41) is 9.93. The summed E-state index contributed by atoms with van der Waals surface area (Å²) in [5.41, 5.74) is 6.48. The van der Waals surface area contributed by atoms with E-state index < -0.39 is 0 Å². The molecule has 1 amide bonds. The van der Waals surface area contributed by atoms with Crippen LogP contribution in [0.5, 0.6) is 0 Å². The van der Waals surface area contributed by atoms with E-state index in [4.69, 9.17) is 10.8 Å². The number of pyridine rings is 1. The zero-order valence-corrected chi connectivity index (χ0v) is 11.1. The molecule has 0 aromatic carbocycles. The summed E-state index contributed by atoms with van der Waals surface area (Å²) in [7, 11) is 1.66. The Bertz CT molecular complexity index is 582. The number of hydrogen-bond donors (Lipinski definition) is 2. The van der Waals surface area contributed by atoms with Crippen molar-refractivity contribution < 1.29 is 9.90 Å². The van der Waals surface area contributed by atoms with Crippen LogP contribution in [0, 0.1) is 0 Å². The van der Waals surface area contributed by atoms with Crippen molar-refractivity contribution in [2.45, 2.75) is 13.0 Å². The molecular weight excluding hydrogens is 250 g/mol. The van der Waals surface area contributed by atoms with Crippen LogP contribution in [0.25, 0.3) is 10.1 Å². The van der Waals surface area contributed by atoms with Crippen LogP contribution in [0.15, 0.2) is 18.5 Å². The van der Waals surface area contributed by atoms with Gasteiger partial charge < -0.3 is 15.7 Å². The van der Waals surface area contributed by atoms with Crippen LogP contribution >= 0.6 is 11.3 Å². The Labute approximate surface area is 109 Å². The summed E-state index contributed by atoms with van der Waals surface area (Å²) in [5.74, 6) is -0.171. The molecule has 2 heterocycles. The molecule has 18 heavy (non-hydrogen) atoms. The molecule has 0 saturated carbocycles. The third-order valence-electron chi connectivity index (χ3n) is 2.97. The summed E-state index contributed by atoms with van der Waals surface area (Å²) in [6.45, 7) is 1.71. The number of nitrogens with zero attached hydrogens (tertiary/aromatic N) is 2. The lowest BCUT2D eigenvalue weighted by atomic mass is 10.2. The number of thiophene rings is 1. The van der Waals surface area contributed by atoms with Crippen LogP contribution in [0.2, 0.25) is 0 Å². The number of fused-ring (bicyclic) bond motifs is 1. The van der Waals surface area contributed by atoms with E-state index in [9.17, 15) is 4.79 Å². The van der Waals surface area contributed by atoms with Gasteiger partial charge in [-0.3, -0.25) is 9.78 Å². The van der Waals surface area contributed by atoms with E-state index in [1.165, 1.54) is 16.2 Å². The van der Waals surface area contributed by atoms with Gasteiger partial charge in [0.15, 0.2) is 0 Å². The van der Waals surface area contributed by atoms with Gasteiger partial charge >= 0.3 is 0 Å². The van der Waals surface area contributed by atoms with E-state index in [2.05, 4.69) is 4.98 Å². The molecule has 0 spiro atoms. The molecule has 1 unspecified atom stereocenters. The van der Waals surface area contributed by atoms with Gasteiger partial charge in [0.25, 0.3) is 5.91 Å². The number of aromatic nitrogens is 1. The molecule has 6 heteroatoms. The van der Waals surface area contributed by atoms with Crippen molar-refractivity contribution in [2.75, 3.05) is 19.4 Å². The number of nitrogens with two attached hydrogens (primary N) is 1. The van der Waals surface area contributed by atoms with E-state index in [1.54, 1.807) is 32.4 Å². The van der Waals surface area contributed by atoms with E-state index in [1.807, 2.05) is 0 Å². The number of carbonyl (C=O) groups excluding carboxylic acids is 1. The minimum Gasteiger partial charge on any atom is -0.397 e. The van der Waals surface area contributed by atoms with Gasteiger partial charge in [0.1, 0.15) is 4.88 Å². The maximum Gasteiger partial charge on any atom is 0.266 e. The number of aliphatic hydroxyl groups excluding tert-OH is 1. The normalized spacial score (nSPS) is 12.6. The Morgan fingerprint density at radius 1 is 1.67 bits per heavy atom. The summed E-state index contributed by atoms with van der Waals surface area (Å²) in [6.07, 6.45) is 3.35. The van der Waals surface area contributed by atoms with Crippen molar-refractivity contribution in [3.05, 3.63) is 23.3 Å². The Morgan fingerprint density at radius 3 is 3.00 bits per heavy atom. The maximum atomic E-state index is 12.3. The Kier molecular flexibility index (Phi) is 3.49. The first kappa shape index (κ1) is 12.8. The van der Waals surface area contributed by atoms with Gasteiger partial charge in [0.05, 0.1) is 23.0 Å². The molecule has 0 aliphatic heterocycles. The van der Waals surface area contributed by atoms with Gasteiger partial charge in [-0.1, -0.05) is 0 Å². The van der Waals surface area contributed by atoms with Crippen LogP contribution in [-0.4, -0.2) is 40.6 Å². The monoisotopic (exact) mass is 265 g/mol. The van der Waals surface area contributed by atoms with Gasteiger partial charge in [-0.25, -0.2) is 0 Å². The summed E-state index contributed by atoms with van der Waals surface area (Å²) < 4.78 is 0.892. The first-order valence-corrected chi connectivity index (χ1v) is 6.38. The first-order chi connectivity index (χ1) is 8.56. The molecule has 1 atom stereocenters. The molecule has 5 nitrogen and oxygen atoms in total. The quantitative estimate of drug-likeness (QED) is 0.877. The average Bonchev–Trinajstić information content (AvgIpc) is 2.74. The van der Waals surface area contributed by atoms with Crippen LogP contribution in [0.4, 0.5) is 5.69 Å². The topological polar surface area (TPSA) is 79.5 Å². The van der Waals surface area contributed by atoms with E-state index in [-0.39, 0.29) is 18.6 Å². The van der Waals surface area contributed by atoms with Gasteiger partial charge in [-0.2, -0.15) is 0 Å². The first-order valence-electron chi connectivity index (χ1n) is 5.56. The smallest absolute Gasteiger partial charge is 0.266 e. The summed E-state index contributed by atoms with van der Waals surface area (Å²) in [4.78, 5) is 18.3. The van der Waals surface area contributed by atoms with Gasteiger partial charge in [0, 0.05) is 24.8 Å². The van der Waals surface area contributed by atoms with Gasteiger partial charge in [-0.15, -0.1) is 11.3 Å². The lowest BCUT2D eigenvalue weighted by Gasteiger charge is -2.22. The second-order valence-electron chi connectivity index (χ2n) is 4.16. The van der Waals surface area contributed by atoms with Crippen LogP contribution < -0.4 is 5.73 Å². The maximum absolute atomic E-state index is 12.3. The lowest BCUT2D eigenvalue weighted by Crippen LogP contribution is -2.37. The second kappa shape index (κ2) is 4.91. The predicted molar refractivity (Wildman–Crippen MR) is 72.7 cm³/mol. The minimum atomic E-state index is -0.236. The molecule has 0 aliphatic carbocycles. The van der Waals surface area contributed by atoms with Crippen LogP contribution in [0.1, 0.15) is 16.6 Å². The molecule has 2 aromatic rings. The molecule has 2 rings (SSSR count). The number of rotatable bonds is 3. The van der Waals surface area contributed by atoms with E-state index in [0.29, 0.717) is 10.6 Å². The highest BCUT2D eigenvalue weighted by molar-refractivity contribution is 7.21. The minimum absolute atomic E-state index is 0.0748.